The van der Waals surface area contributed by atoms with Crippen LogP contribution < -0.4 is 0 Å². The number of esters is 1. The minimum Gasteiger partial charge on any atom is -0.448 e. The summed E-state index contributed by atoms with van der Waals surface area (Å²) < 4.78 is 10.7. The van der Waals surface area contributed by atoms with Crippen LogP contribution in [0.4, 0.5) is 0 Å². The first-order chi connectivity index (χ1) is 9.88. The van der Waals surface area contributed by atoms with E-state index in [1.165, 1.54) is 6.07 Å². The van der Waals surface area contributed by atoms with Crippen molar-refractivity contribution >= 4 is 27.7 Å². The molecule has 0 radical (unpaired) electrons. The molecule has 0 unspecified atom stereocenters. The summed E-state index contributed by atoms with van der Waals surface area (Å²) in [6, 6.07) is 8.69. The molecular formula is C16H15BrO4. The minimum atomic E-state index is -0.873. The fourth-order valence-corrected chi connectivity index (χ4v) is 2.22. The Morgan fingerprint density at radius 2 is 1.90 bits per heavy atom. The maximum Gasteiger partial charge on any atom is 0.374 e. The monoisotopic (exact) mass is 350 g/mol. The molecule has 0 aliphatic heterocycles. The lowest BCUT2D eigenvalue weighted by molar-refractivity contribution is 0.0288. The molecule has 2 aromatic rings. The zero-order valence-electron chi connectivity index (χ0n) is 12.0. The zero-order chi connectivity index (χ0) is 15.6. The third kappa shape index (κ3) is 3.61. The molecule has 0 saturated carbocycles. The van der Waals surface area contributed by atoms with Crippen LogP contribution in [-0.2, 0) is 4.74 Å². The van der Waals surface area contributed by atoms with Gasteiger partial charge >= 0.3 is 5.97 Å². The van der Waals surface area contributed by atoms with Gasteiger partial charge in [-0.3, -0.25) is 4.79 Å². The highest BCUT2D eigenvalue weighted by atomic mass is 79.9. The number of ketones is 1. The molecule has 0 saturated heterocycles. The Morgan fingerprint density at radius 3 is 2.52 bits per heavy atom. The molecular weight excluding hydrogens is 336 g/mol. The molecule has 1 aromatic carbocycles. The minimum absolute atomic E-state index is 0.0579. The number of furan rings is 1. The number of ether oxygens (including phenoxy) is 1. The molecule has 21 heavy (non-hydrogen) atoms. The average molecular weight is 351 g/mol. The lowest BCUT2D eigenvalue weighted by Gasteiger charge is -2.13. The molecule has 110 valence electrons. The van der Waals surface area contributed by atoms with Gasteiger partial charge in [-0.1, -0.05) is 17.7 Å². The first-order valence-corrected chi connectivity index (χ1v) is 7.25. The fraction of sp³-hybridized carbons (Fsp3) is 0.250. The first kappa shape index (κ1) is 15.5. The third-order valence-electron chi connectivity index (χ3n) is 3.09. The average Bonchev–Trinajstić information content (AvgIpc) is 2.87. The highest BCUT2D eigenvalue weighted by Gasteiger charge is 2.23. The number of benzene rings is 1. The van der Waals surface area contributed by atoms with Crippen molar-refractivity contribution in [3.63, 3.8) is 0 Å². The van der Waals surface area contributed by atoms with E-state index in [0.29, 0.717) is 10.2 Å². The zero-order valence-corrected chi connectivity index (χ0v) is 13.6. The third-order valence-corrected chi connectivity index (χ3v) is 3.51. The van der Waals surface area contributed by atoms with Crippen LogP contribution in [0.5, 0.6) is 0 Å². The second-order valence-corrected chi connectivity index (χ2v) is 5.62. The Hall–Kier alpha value is -1.88. The van der Waals surface area contributed by atoms with Gasteiger partial charge in [0.25, 0.3) is 0 Å². The van der Waals surface area contributed by atoms with Crippen LogP contribution in [0.25, 0.3) is 0 Å². The van der Waals surface area contributed by atoms with Crippen LogP contribution in [0.1, 0.15) is 39.0 Å². The first-order valence-electron chi connectivity index (χ1n) is 6.46. The Bertz CT molecular complexity index is 687. The van der Waals surface area contributed by atoms with Gasteiger partial charge in [-0.25, -0.2) is 4.79 Å². The number of hydrogen-bond donors (Lipinski definition) is 0. The van der Waals surface area contributed by atoms with Crippen molar-refractivity contribution in [1.82, 2.24) is 0 Å². The van der Waals surface area contributed by atoms with Crippen LogP contribution >= 0.6 is 15.9 Å². The van der Waals surface area contributed by atoms with Crippen molar-refractivity contribution < 1.29 is 18.7 Å². The summed E-state index contributed by atoms with van der Waals surface area (Å²) >= 11 is 3.11. The van der Waals surface area contributed by atoms with Gasteiger partial charge in [0.15, 0.2) is 10.8 Å². The standard InChI is InChI=1S/C16H15BrO4/c1-9-4-5-10(2)12(8-9)15(18)11(3)20-16(19)13-6-7-14(17)21-13/h4-8,11H,1-3H3/t11-/m1/s1. The van der Waals surface area contributed by atoms with Crippen LogP contribution in [0.3, 0.4) is 0 Å². The second kappa shape index (κ2) is 6.26. The Morgan fingerprint density at radius 1 is 1.19 bits per heavy atom. The molecule has 0 N–H and O–H groups in total. The molecule has 4 nitrogen and oxygen atoms in total. The number of rotatable bonds is 4. The molecule has 1 atom stereocenters. The number of carbonyl (C=O) groups is 2. The molecule has 1 aromatic heterocycles. The highest BCUT2D eigenvalue weighted by molar-refractivity contribution is 9.10. The van der Waals surface area contributed by atoms with E-state index in [1.807, 2.05) is 26.0 Å². The smallest absolute Gasteiger partial charge is 0.374 e. The van der Waals surface area contributed by atoms with E-state index >= 15 is 0 Å². The molecule has 2 rings (SSSR count). The quantitative estimate of drug-likeness (QED) is 0.615. The number of hydrogen-bond acceptors (Lipinski definition) is 4. The van der Waals surface area contributed by atoms with Crippen molar-refractivity contribution in [1.29, 1.82) is 0 Å². The largest absolute Gasteiger partial charge is 0.448 e. The molecule has 0 aliphatic rings. The Kier molecular flexibility index (Phi) is 4.63. The summed E-state index contributed by atoms with van der Waals surface area (Å²) in [5.41, 5.74) is 2.41. The highest BCUT2D eigenvalue weighted by Crippen LogP contribution is 2.18. The molecule has 0 fully saturated rings. The second-order valence-electron chi connectivity index (χ2n) is 4.83. The normalized spacial score (nSPS) is 12.0. The molecule has 1 heterocycles. The van der Waals surface area contributed by atoms with E-state index in [4.69, 9.17) is 9.15 Å². The van der Waals surface area contributed by atoms with E-state index in [1.54, 1.807) is 19.1 Å². The molecule has 5 heteroatoms. The molecule has 0 aliphatic carbocycles. The SMILES string of the molecule is Cc1ccc(C)c(C(=O)[C@@H](C)OC(=O)c2ccc(Br)o2)c1. The van der Waals surface area contributed by atoms with Crippen molar-refractivity contribution in [2.75, 3.05) is 0 Å². The van der Waals surface area contributed by atoms with E-state index in [0.717, 1.165) is 11.1 Å². The van der Waals surface area contributed by atoms with Gasteiger partial charge in [0.1, 0.15) is 0 Å². The number of aryl methyl sites for hydroxylation is 2. The van der Waals surface area contributed by atoms with Gasteiger partial charge < -0.3 is 9.15 Å². The molecule has 0 bridgehead atoms. The van der Waals surface area contributed by atoms with Crippen molar-refractivity contribution in [2.45, 2.75) is 26.9 Å². The number of halogens is 1. The van der Waals surface area contributed by atoms with Crippen LogP contribution in [0.2, 0.25) is 0 Å². The topological polar surface area (TPSA) is 56.5 Å². The predicted molar refractivity (Wildman–Crippen MR) is 81.5 cm³/mol. The summed E-state index contributed by atoms with van der Waals surface area (Å²) in [4.78, 5) is 24.2. The lowest BCUT2D eigenvalue weighted by Crippen LogP contribution is -2.25. The van der Waals surface area contributed by atoms with Gasteiger partial charge in [0, 0.05) is 5.56 Å². The molecule has 0 spiro atoms. The van der Waals surface area contributed by atoms with Gasteiger partial charge in [-0.2, -0.15) is 0 Å². The molecule has 0 amide bonds. The van der Waals surface area contributed by atoms with E-state index < -0.39 is 12.1 Å². The van der Waals surface area contributed by atoms with Crippen molar-refractivity contribution in [3.8, 4) is 0 Å². The fourth-order valence-electron chi connectivity index (χ4n) is 1.92. The Balaban J connectivity index is 2.12. The van der Waals surface area contributed by atoms with Gasteiger partial charge in [0.05, 0.1) is 0 Å². The van der Waals surface area contributed by atoms with Gasteiger partial charge in [-0.05, 0) is 60.5 Å². The summed E-state index contributed by atoms with van der Waals surface area (Å²) in [5, 5.41) is 0. The number of carbonyl (C=O) groups excluding carboxylic acids is 2. The van der Waals surface area contributed by atoms with Crippen LogP contribution in [-0.4, -0.2) is 17.9 Å². The van der Waals surface area contributed by atoms with Crippen molar-refractivity contribution in [2.24, 2.45) is 0 Å². The van der Waals surface area contributed by atoms with Crippen molar-refractivity contribution in [3.05, 3.63) is 57.5 Å². The van der Waals surface area contributed by atoms with E-state index in [2.05, 4.69) is 15.9 Å². The van der Waals surface area contributed by atoms with Gasteiger partial charge in [0.2, 0.25) is 11.5 Å². The maximum atomic E-state index is 12.4. The van der Waals surface area contributed by atoms with Crippen LogP contribution in [0.15, 0.2) is 39.4 Å². The summed E-state index contributed by atoms with van der Waals surface area (Å²) in [7, 11) is 0. The van der Waals surface area contributed by atoms with Crippen LogP contribution in [0, 0.1) is 13.8 Å². The summed E-state index contributed by atoms with van der Waals surface area (Å²) in [6.45, 7) is 5.32. The van der Waals surface area contributed by atoms with E-state index in [-0.39, 0.29) is 11.5 Å². The lowest BCUT2D eigenvalue weighted by atomic mass is 9.99. The predicted octanol–water partition coefficient (Wildman–Crippen LogP) is 4.09. The van der Waals surface area contributed by atoms with E-state index in [9.17, 15) is 9.59 Å². The van der Waals surface area contributed by atoms with Gasteiger partial charge in [-0.15, -0.1) is 0 Å². The summed E-state index contributed by atoms with van der Waals surface area (Å²) in [5.74, 6) is -0.829. The number of Topliss-reactive ketones (excluding diaryl/α,β-unsaturated/α-hetero) is 1. The Labute approximate surface area is 131 Å². The maximum absolute atomic E-state index is 12.4. The summed E-state index contributed by atoms with van der Waals surface area (Å²) in [6.07, 6.45) is -0.873.